The summed E-state index contributed by atoms with van der Waals surface area (Å²) in [5, 5.41) is 14.2. The summed E-state index contributed by atoms with van der Waals surface area (Å²) in [6, 6.07) is -0.368. The lowest BCUT2D eigenvalue weighted by molar-refractivity contribution is -0.149. The van der Waals surface area contributed by atoms with Crippen molar-refractivity contribution in [3.8, 4) is 0 Å². The highest BCUT2D eigenvalue weighted by Gasteiger charge is 2.34. The Morgan fingerprint density at radius 1 is 1.31 bits per heavy atom. The maximum absolute atomic E-state index is 11.2. The van der Waals surface area contributed by atoms with Crippen LogP contribution in [0.4, 0.5) is 4.79 Å². The van der Waals surface area contributed by atoms with Crippen LogP contribution in [-0.4, -0.2) is 30.2 Å². The predicted molar refractivity (Wildman–Crippen MR) is 62.2 cm³/mol. The van der Waals surface area contributed by atoms with E-state index in [1.54, 1.807) is 19.9 Å². The summed E-state index contributed by atoms with van der Waals surface area (Å²) < 4.78 is 0. The van der Waals surface area contributed by atoms with Gasteiger partial charge in [0.2, 0.25) is 0 Å². The molecule has 0 spiro atoms. The smallest absolute Gasteiger partial charge is 0.315 e. The summed E-state index contributed by atoms with van der Waals surface area (Å²) in [6.45, 7) is 7.58. The molecule has 0 aliphatic rings. The Bertz CT molecular complexity index is 260. The number of carboxylic acids is 1. The highest BCUT2D eigenvalue weighted by atomic mass is 16.4. The third-order valence-electron chi connectivity index (χ3n) is 2.80. The van der Waals surface area contributed by atoms with Gasteiger partial charge < -0.3 is 15.7 Å². The Balaban J connectivity index is 4.27. The van der Waals surface area contributed by atoms with Crippen LogP contribution in [0.25, 0.3) is 0 Å². The molecule has 0 aromatic heterocycles. The number of rotatable bonds is 7. The molecule has 0 bridgehead atoms. The molecule has 5 nitrogen and oxygen atoms in total. The number of nitrogens with one attached hydrogen (secondary N) is 2. The molecule has 92 valence electrons. The largest absolute Gasteiger partial charge is 0.481 e. The van der Waals surface area contributed by atoms with Crippen LogP contribution in [0.15, 0.2) is 12.7 Å². The van der Waals surface area contributed by atoms with Crippen LogP contribution in [0, 0.1) is 5.41 Å². The average molecular weight is 228 g/mol. The Hall–Kier alpha value is -1.52. The molecule has 0 aliphatic carbocycles. The number of carbonyl (C=O) groups is 2. The van der Waals surface area contributed by atoms with Crippen LogP contribution in [0.1, 0.15) is 26.7 Å². The fourth-order valence-corrected chi connectivity index (χ4v) is 1.35. The Morgan fingerprint density at radius 3 is 2.25 bits per heavy atom. The van der Waals surface area contributed by atoms with Crippen LogP contribution in [0.2, 0.25) is 0 Å². The average Bonchev–Trinajstić information content (AvgIpc) is 2.28. The number of amides is 2. The molecule has 0 rings (SSSR count). The van der Waals surface area contributed by atoms with Crippen molar-refractivity contribution >= 4 is 12.0 Å². The maximum Gasteiger partial charge on any atom is 0.315 e. The van der Waals surface area contributed by atoms with E-state index in [4.69, 9.17) is 5.11 Å². The van der Waals surface area contributed by atoms with E-state index < -0.39 is 11.4 Å². The number of aliphatic carboxylic acids is 1. The lowest BCUT2D eigenvalue weighted by atomic mass is 9.82. The third kappa shape index (κ3) is 3.92. The first-order valence-electron chi connectivity index (χ1n) is 5.38. The van der Waals surface area contributed by atoms with Crippen molar-refractivity contribution in [2.24, 2.45) is 5.41 Å². The highest BCUT2D eigenvalue weighted by molar-refractivity contribution is 5.78. The molecule has 0 aliphatic heterocycles. The summed E-state index contributed by atoms with van der Waals surface area (Å²) in [4.78, 5) is 22.4. The topological polar surface area (TPSA) is 78.4 Å². The van der Waals surface area contributed by atoms with Crippen LogP contribution in [0.3, 0.4) is 0 Å². The number of hydrogen-bond acceptors (Lipinski definition) is 2. The molecule has 0 atom stereocenters. The van der Waals surface area contributed by atoms with E-state index in [9.17, 15) is 9.59 Å². The fourth-order valence-electron chi connectivity index (χ4n) is 1.35. The summed E-state index contributed by atoms with van der Waals surface area (Å²) >= 11 is 0. The van der Waals surface area contributed by atoms with Crippen molar-refractivity contribution in [1.29, 1.82) is 0 Å². The lowest BCUT2D eigenvalue weighted by Gasteiger charge is -2.26. The second-order valence-electron chi connectivity index (χ2n) is 3.64. The van der Waals surface area contributed by atoms with E-state index in [1.165, 1.54) is 0 Å². The van der Waals surface area contributed by atoms with Crippen LogP contribution in [-0.2, 0) is 4.79 Å². The molecule has 2 amide bonds. The number of carboxylic acid groups (broad SMARTS) is 1. The van der Waals surface area contributed by atoms with Gasteiger partial charge in [-0.05, 0) is 12.8 Å². The van der Waals surface area contributed by atoms with Gasteiger partial charge in [0.15, 0.2) is 0 Å². The van der Waals surface area contributed by atoms with Gasteiger partial charge in [0.1, 0.15) is 0 Å². The minimum absolute atomic E-state index is 0.137. The molecule has 0 saturated heterocycles. The zero-order chi connectivity index (χ0) is 12.6. The molecular weight excluding hydrogens is 208 g/mol. The zero-order valence-electron chi connectivity index (χ0n) is 9.88. The lowest BCUT2D eigenvalue weighted by Crippen LogP contribution is -2.45. The van der Waals surface area contributed by atoms with Crippen LogP contribution < -0.4 is 10.6 Å². The molecule has 5 heteroatoms. The standard InChI is InChI=1S/C11H20N2O3/c1-4-7-12-10(16)13-8-11(5-2,6-3)9(14)15/h4H,1,5-8H2,2-3H3,(H,14,15)(H2,12,13,16). The third-order valence-corrected chi connectivity index (χ3v) is 2.80. The van der Waals surface area contributed by atoms with Gasteiger partial charge in [0.05, 0.1) is 5.41 Å². The molecule has 0 unspecified atom stereocenters. The summed E-state index contributed by atoms with van der Waals surface area (Å²) in [5.41, 5.74) is -0.870. The number of urea groups is 1. The van der Waals surface area contributed by atoms with Crippen molar-refractivity contribution in [3.05, 3.63) is 12.7 Å². The van der Waals surface area contributed by atoms with Gasteiger partial charge in [0, 0.05) is 13.1 Å². The quantitative estimate of drug-likeness (QED) is 0.576. The summed E-state index contributed by atoms with van der Waals surface area (Å²) in [5.74, 6) is -0.874. The molecule has 16 heavy (non-hydrogen) atoms. The van der Waals surface area contributed by atoms with Crippen molar-refractivity contribution in [2.45, 2.75) is 26.7 Å². The molecule has 0 aromatic carbocycles. The summed E-state index contributed by atoms with van der Waals surface area (Å²) in [7, 11) is 0. The SMILES string of the molecule is C=CCNC(=O)NCC(CC)(CC)C(=O)O. The zero-order valence-corrected chi connectivity index (χ0v) is 9.88. The van der Waals surface area contributed by atoms with Crippen molar-refractivity contribution < 1.29 is 14.7 Å². The van der Waals surface area contributed by atoms with Gasteiger partial charge in [-0.2, -0.15) is 0 Å². The fraction of sp³-hybridized carbons (Fsp3) is 0.636. The van der Waals surface area contributed by atoms with Crippen molar-refractivity contribution in [3.63, 3.8) is 0 Å². The van der Waals surface area contributed by atoms with E-state index >= 15 is 0 Å². The molecule has 3 N–H and O–H groups in total. The molecule has 0 saturated carbocycles. The van der Waals surface area contributed by atoms with Crippen LogP contribution >= 0.6 is 0 Å². The minimum atomic E-state index is -0.874. The van der Waals surface area contributed by atoms with Crippen molar-refractivity contribution in [1.82, 2.24) is 10.6 Å². The molecule has 0 heterocycles. The van der Waals surface area contributed by atoms with Crippen molar-refractivity contribution in [2.75, 3.05) is 13.1 Å². The van der Waals surface area contributed by atoms with Gasteiger partial charge >= 0.3 is 12.0 Å². The van der Waals surface area contributed by atoms with E-state index in [1.807, 2.05) is 0 Å². The normalized spacial score (nSPS) is 10.6. The second-order valence-corrected chi connectivity index (χ2v) is 3.64. The predicted octanol–water partition coefficient (Wildman–Crippen LogP) is 1.36. The highest BCUT2D eigenvalue weighted by Crippen LogP contribution is 2.25. The van der Waals surface area contributed by atoms with Crippen LogP contribution in [0.5, 0.6) is 0 Å². The van der Waals surface area contributed by atoms with E-state index in [-0.39, 0.29) is 12.6 Å². The molecule has 0 radical (unpaired) electrons. The van der Waals surface area contributed by atoms with E-state index in [2.05, 4.69) is 17.2 Å². The first kappa shape index (κ1) is 14.5. The maximum atomic E-state index is 11.2. The number of carbonyl (C=O) groups excluding carboxylic acids is 1. The van der Waals surface area contributed by atoms with Gasteiger partial charge in [-0.25, -0.2) is 4.79 Å². The van der Waals surface area contributed by atoms with Gasteiger partial charge in [-0.1, -0.05) is 19.9 Å². The number of hydrogen-bond donors (Lipinski definition) is 3. The van der Waals surface area contributed by atoms with E-state index in [0.717, 1.165) is 0 Å². The van der Waals surface area contributed by atoms with Gasteiger partial charge in [-0.3, -0.25) is 4.79 Å². The first-order valence-corrected chi connectivity index (χ1v) is 5.38. The van der Waals surface area contributed by atoms with Gasteiger partial charge in [0.25, 0.3) is 0 Å². The Morgan fingerprint density at radius 2 is 1.88 bits per heavy atom. The minimum Gasteiger partial charge on any atom is -0.481 e. The molecule has 0 fully saturated rings. The second kappa shape index (κ2) is 6.87. The molecule has 0 aromatic rings. The van der Waals surface area contributed by atoms with E-state index in [0.29, 0.717) is 19.4 Å². The monoisotopic (exact) mass is 228 g/mol. The summed E-state index contributed by atoms with van der Waals surface area (Å²) in [6.07, 6.45) is 2.53. The first-order chi connectivity index (χ1) is 7.52. The molecular formula is C11H20N2O3. The Labute approximate surface area is 95.9 Å². The van der Waals surface area contributed by atoms with Gasteiger partial charge in [-0.15, -0.1) is 6.58 Å². The Kier molecular flexibility index (Phi) is 6.22.